The van der Waals surface area contributed by atoms with Crippen LogP contribution in [-0.2, 0) is 14.8 Å². The lowest BCUT2D eigenvalue weighted by Crippen LogP contribution is -2.51. The third kappa shape index (κ3) is 4.84. The highest BCUT2D eigenvalue weighted by molar-refractivity contribution is 7.99. The van der Waals surface area contributed by atoms with E-state index in [0.717, 1.165) is 18.1 Å². The van der Waals surface area contributed by atoms with Crippen LogP contribution in [0.2, 0.25) is 0 Å². The van der Waals surface area contributed by atoms with Gasteiger partial charge in [-0.15, -0.1) is 11.8 Å². The first-order valence-electron chi connectivity index (χ1n) is 7.62. The van der Waals surface area contributed by atoms with Crippen molar-refractivity contribution in [3.8, 4) is 0 Å². The molecule has 1 unspecified atom stereocenters. The van der Waals surface area contributed by atoms with Crippen molar-refractivity contribution in [2.45, 2.75) is 44.7 Å². The van der Waals surface area contributed by atoms with E-state index in [9.17, 15) is 13.2 Å². The molecule has 8 heteroatoms. The molecule has 0 saturated carbocycles. The Morgan fingerprint density at radius 2 is 2.10 bits per heavy atom. The van der Waals surface area contributed by atoms with E-state index in [1.54, 1.807) is 16.1 Å². The third-order valence-corrected chi connectivity index (χ3v) is 6.88. The summed E-state index contributed by atoms with van der Waals surface area (Å²) in [5.74, 6) is 1.93. The molecule has 0 aromatic rings. The van der Waals surface area contributed by atoms with Gasteiger partial charge in [-0.3, -0.25) is 10.1 Å². The number of thioether (sulfide) groups is 1. The van der Waals surface area contributed by atoms with Gasteiger partial charge in [-0.1, -0.05) is 13.3 Å². The molecule has 2 aliphatic heterocycles. The zero-order valence-electron chi connectivity index (χ0n) is 12.5. The molecule has 2 saturated heterocycles. The van der Waals surface area contributed by atoms with Gasteiger partial charge in [0.2, 0.25) is 15.9 Å². The molecule has 1 atom stereocenters. The topological polar surface area (TPSA) is 78.5 Å². The third-order valence-electron chi connectivity index (χ3n) is 3.98. The summed E-state index contributed by atoms with van der Waals surface area (Å²) in [7, 11) is -3.11. The molecule has 1 amide bonds. The Kier molecular flexibility index (Phi) is 6.34. The van der Waals surface area contributed by atoms with Gasteiger partial charge in [-0.05, 0) is 19.3 Å². The van der Waals surface area contributed by atoms with Gasteiger partial charge >= 0.3 is 0 Å². The molecule has 0 radical (unpaired) electrons. The summed E-state index contributed by atoms with van der Waals surface area (Å²) < 4.78 is 25.8. The van der Waals surface area contributed by atoms with Crippen molar-refractivity contribution in [2.24, 2.45) is 0 Å². The van der Waals surface area contributed by atoms with Gasteiger partial charge < -0.3 is 5.32 Å². The van der Waals surface area contributed by atoms with Crippen molar-refractivity contribution < 1.29 is 13.2 Å². The maximum atomic E-state index is 12.1. The normalized spacial score (nSPS) is 25.1. The summed E-state index contributed by atoms with van der Waals surface area (Å²) in [6.45, 7) is 3.03. The van der Waals surface area contributed by atoms with Gasteiger partial charge in [0.05, 0.1) is 11.8 Å². The number of carbonyl (C=O) groups is 1. The number of hydrogen-bond acceptors (Lipinski definition) is 5. The fraction of sp³-hybridized carbons (Fsp3) is 0.923. The average molecular weight is 335 g/mol. The lowest BCUT2D eigenvalue weighted by Gasteiger charge is -2.32. The van der Waals surface area contributed by atoms with Gasteiger partial charge in [0.15, 0.2) is 0 Å². The van der Waals surface area contributed by atoms with E-state index in [2.05, 4.69) is 10.6 Å². The quantitative estimate of drug-likeness (QED) is 0.733. The van der Waals surface area contributed by atoms with Crippen LogP contribution < -0.4 is 10.6 Å². The zero-order chi connectivity index (χ0) is 15.3. The number of nitrogens with one attached hydrogen (secondary N) is 2. The highest BCUT2D eigenvalue weighted by Crippen LogP contribution is 2.16. The van der Waals surface area contributed by atoms with E-state index in [0.29, 0.717) is 32.4 Å². The molecule has 122 valence electrons. The van der Waals surface area contributed by atoms with Crippen LogP contribution in [0.25, 0.3) is 0 Å². The lowest BCUT2D eigenvalue weighted by molar-refractivity contribution is -0.123. The zero-order valence-corrected chi connectivity index (χ0v) is 14.1. The summed E-state index contributed by atoms with van der Waals surface area (Å²) >= 11 is 1.72. The molecule has 2 rings (SSSR count). The van der Waals surface area contributed by atoms with Crippen molar-refractivity contribution in [3.63, 3.8) is 0 Å². The maximum absolute atomic E-state index is 12.1. The summed E-state index contributed by atoms with van der Waals surface area (Å²) in [6.07, 6.45) is 3.01. The number of carbonyl (C=O) groups excluding carboxylic acids is 1. The Balaban J connectivity index is 1.76. The number of hydrogen-bond donors (Lipinski definition) is 2. The Hall–Kier alpha value is -0.310. The number of unbranched alkanes of at least 4 members (excludes halogenated alkanes) is 1. The molecule has 2 heterocycles. The summed E-state index contributed by atoms with van der Waals surface area (Å²) in [6, 6.07) is 0.00356. The lowest BCUT2D eigenvalue weighted by atomic mass is 10.1. The molecule has 21 heavy (non-hydrogen) atoms. The van der Waals surface area contributed by atoms with Gasteiger partial charge in [0.1, 0.15) is 0 Å². The van der Waals surface area contributed by atoms with Crippen LogP contribution in [0.5, 0.6) is 0 Å². The summed E-state index contributed by atoms with van der Waals surface area (Å²) in [5.41, 5.74) is 0. The van der Waals surface area contributed by atoms with E-state index in [-0.39, 0.29) is 23.7 Å². The average Bonchev–Trinajstić information content (AvgIpc) is 3.00. The van der Waals surface area contributed by atoms with E-state index >= 15 is 0 Å². The number of rotatable bonds is 6. The molecule has 2 fully saturated rings. The first-order chi connectivity index (χ1) is 10.0. The van der Waals surface area contributed by atoms with Crippen molar-refractivity contribution >= 4 is 27.7 Å². The van der Waals surface area contributed by atoms with Crippen molar-refractivity contribution in [2.75, 3.05) is 30.5 Å². The SMILES string of the molecule is CCCCS(=O)(=O)N1CCC(NC(=O)C2CSCN2)CC1. The molecular formula is C13H25N3O3S2. The minimum atomic E-state index is -3.11. The van der Waals surface area contributed by atoms with E-state index in [4.69, 9.17) is 0 Å². The van der Waals surface area contributed by atoms with Crippen LogP contribution in [0, 0.1) is 0 Å². The Morgan fingerprint density at radius 3 is 2.67 bits per heavy atom. The molecular weight excluding hydrogens is 310 g/mol. The minimum absolute atomic E-state index is 0.0484. The predicted molar refractivity (Wildman–Crippen MR) is 85.7 cm³/mol. The number of nitrogens with zero attached hydrogens (tertiary/aromatic N) is 1. The van der Waals surface area contributed by atoms with E-state index < -0.39 is 10.0 Å². The second-order valence-corrected chi connectivity index (χ2v) is 8.74. The number of piperidine rings is 1. The Bertz CT molecular complexity index is 442. The highest BCUT2D eigenvalue weighted by atomic mass is 32.2. The monoisotopic (exact) mass is 335 g/mol. The molecule has 0 aliphatic carbocycles. The van der Waals surface area contributed by atoms with Gasteiger partial charge in [0, 0.05) is 30.8 Å². The van der Waals surface area contributed by atoms with Gasteiger partial charge in [-0.25, -0.2) is 12.7 Å². The summed E-state index contributed by atoms with van der Waals surface area (Å²) in [4.78, 5) is 12.0. The van der Waals surface area contributed by atoms with Crippen LogP contribution >= 0.6 is 11.8 Å². The van der Waals surface area contributed by atoms with Crippen LogP contribution in [0.1, 0.15) is 32.6 Å². The fourth-order valence-corrected chi connectivity index (χ4v) is 5.22. The predicted octanol–water partition coefficient (Wildman–Crippen LogP) is 0.359. The largest absolute Gasteiger partial charge is 0.352 e. The van der Waals surface area contributed by atoms with Crippen molar-refractivity contribution in [3.05, 3.63) is 0 Å². The van der Waals surface area contributed by atoms with Crippen LogP contribution in [0.15, 0.2) is 0 Å². The minimum Gasteiger partial charge on any atom is -0.352 e. The Morgan fingerprint density at radius 1 is 1.38 bits per heavy atom. The van der Waals surface area contributed by atoms with Gasteiger partial charge in [0.25, 0.3) is 0 Å². The molecule has 0 aromatic heterocycles. The second kappa shape index (κ2) is 7.80. The first-order valence-corrected chi connectivity index (χ1v) is 10.4. The molecule has 0 aromatic carbocycles. The smallest absolute Gasteiger partial charge is 0.238 e. The maximum Gasteiger partial charge on any atom is 0.238 e. The number of amides is 1. The fourth-order valence-electron chi connectivity index (χ4n) is 2.60. The van der Waals surface area contributed by atoms with Crippen LogP contribution in [0.3, 0.4) is 0 Å². The molecule has 2 N–H and O–H groups in total. The van der Waals surface area contributed by atoms with Crippen molar-refractivity contribution in [1.29, 1.82) is 0 Å². The molecule has 2 aliphatic rings. The first kappa shape index (κ1) is 17.1. The van der Waals surface area contributed by atoms with Crippen molar-refractivity contribution in [1.82, 2.24) is 14.9 Å². The van der Waals surface area contributed by atoms with E-state index in [1.807, 2.05) is 6.92 Å². The molecule has 0 bridgehead atoms. The van der Waals surface area contributed by atoms with Crippen LogP contribution in [0.4, 0.5) is 0 Å². The summed E-state index contributed by atoms with van der Waals surface area (Å²) in [5, 5.41) is 6.19. The molecule has 6 nitrogen and oxygen atoms in total. The van der Waals surface area contributed by atoms with Crippen LogP contribution in [-0.4, -0.2) is 61.2 Å². The highest BCUT2D eigenvalue weighted by Gasteiger charge is 2.30. The standard InChI is InChI=1S/C13H25N3O3S2/c1-2-3-8-21(18,19)16-6-4-11(5-7-16)15-13(17)12-9-20-10-14-12/h11-12,14H,2-10H2,1H3,(H,15,17). The molecule has 0 spiro atoms. The number of sulfonamides is 1. The second-order valence-electron chi connectivity index (χ2n) is 5.62. The van der Waals surface area contributed by atoms with E-state index in [1.165, 1.54) is 0 Å². The Labute approximate surface area is 131 Å². The van der Waals surface area contributed by atoms with Gasteiger partial charge in [-0.2, -0.15) is 0 Å².